The zero-order valence-corrected chi connectivity index (χ0v) is 13.3. The van der Waals surface area contributed by atoms with Crippen LogP contribution in [0, 0.1) is 6.92 Å². The van der Waals surface area contributed by atoms with Gasteiger partial charge in [0, 0.05) is 12.1 Å². The third-order valence-corrected chi connectivity index (χ3v) is 4.22. The number of hydrogen-bond acceptors (Lipinski definition) is 4. The molecule has 1 aromatic heterocycles. The third-order valence-electron chi connectivity index (χ3n) is 4.22. The summed E-state index contributed by atoms with van der Waals surface area (Å²) in [7, 11) is 0. The minimum Gasteiger partial charge on any atom is -0.364 e. The SMILES string of the molecule is Cc1nocc1-c1ccc2c(c1)N(Cc1ccccc1)CC(=O)N2. The van der Waals surface area contributed by atoms with Gasteiger partial charge in [0.25, 0.3) is 0 Å². The van der Waals surface area contributed by atoms with E-state index in [0.29, 0.717) is 13.1 Å². The second kappa shape index (κ2) is 5.85. The van der Waals surface area contributed by atoms with E-state index in [1.807, 2.05) is 37.3 Å². The first-order valence-electron chi connectivity index (χ1n) is 7.85. The molecule has 4 rings (SSSR count). The Morgan fingerprint density at radius 2 is 2.04 bits per heavy atom. The van der Waals surface area contributed by atoms with Crippen LogP contribution in [0.2, 0.25) is 0 Å². The average molecular weight is 319 g/mol. The van der Waals surface area contributed by atoms with Gasteiger partial charge in [0.1, 0.15) is 6.26 Å². The lowest BCUT2D eigenvalue weighted by atomic mass is 10.0. The summed E-state index contributed by atoms with van der Waals surface area (Å²) in [6.45, 7) is 2.95. The Bertz CT molecular complexity index is 887. The predicted octanol–water partition coefficient (Wildman–Crippen LogP) is 3.61. The van der Waals surface area contributed by atoms with Gasteiger partial charge in [-0.3, -0.25) is 4.79 Å². The van der Waals surface area contributed by atoms with E-state index in [1.165, 1.54) is 5.56 Å². The summed E-state index contributed by atoms with van der Waals surface area (Å²) in [5, 5.41) is 6.89. The fraction of sp³-hybridized carbons (Fsp3) is 0.158. The third kappa shape index (κ3) is 2.65. The van der Waals surface area contributed by atoms with Gasteiger partial charge in [0.05, 0.1) is 23.6 Å². The minimum atomic E-state index is 0.00680. The highest BCUT2D eigenvalue weighted by Crippen LogP contribution is 2.35. The number of nitrogens with zero attached hydrogens (tertiary/aromatic N) is 2. The molecule has 0 unspecified atom stereocenters. The standard InChI is InChI=1S/C19H17N3O2/c1-13-16(12-24-21-13)15-7-8-17-18(9-15)22(11-19(23)20-17)10-14-5-3-2-4-6-14/h2-9,12H,10-11H2,1H3,(H,20,23). The fourth-order valence-corrected chi connectivity index (χ4v) is 3.03. The molecule has 5 heteroatoms. The van der Waals surface area contributed by atoms with Crippen molar-refractivity contribution in [3.05, 3.63) is 66.1 Å². The quantitative estimate of drug-likeness (QED) is 0.801. The minimum absolute atomic E-state index is 0.00680. The van der Waals surface area contributed by atoms with Gasteiger partial charge < -0.3 is 14.7 Å². The molecule has 0 saturated heterocycles. The van der Waals surface area contributed by atoms with E-state index < -0.39 is 0 Å². The summed E-state index contributed by atoms with van der Waals surface area (Å²) >= 11 is 0. The van der Waals surface area contributed by atoms with Crippen LogP contribution in [0.3, 0.4) is 0 Å². The van der Waals surface area contributed by atoms with E-state index in [4.69, 9.17) is 4.52 Å². The molecule has 0 radical (unpaired) electrons. The summed E-state index contributed by atoms with van der Waals surface area (Å²) in [5.74, 6) is 0.00680. The van der Waals surface area contributed by atoms with Gasteiger partial charge in [-0.1, -0.05) is 41.6 Å². The second-order valence-electron chi connectivity index (χ2n) is 5.94. The van der Waals surface area contributed by atoms with Crippen LogP contribution in [-0.4, -0.2) is 17.6 Å². The van der Waals surface area contributed by atoms with Crippen molar-refractivity contribution in [1.82, 2.24) is 5.16 Å². The number of hydrogen-bond donors (Lipinski definition) is 1. The summed E-state index contributed by atoms with van der Waals surface area (Å²) in [6.07, 6.45) is 1.65. The van der Waals surface area contributed by atoms with Gasteiger partial charge in [0.2, 0.25) is 5.91 Å². The largest absolute Gasteiger partial charge is 0.364 e. The molecule has 0 bridgehead atoms. The smallest absolute Gasteiger partial charge is 0.243 e. The molecule has 5 nitrogen and oxygen atoms in total. The van der Waals surface area contributed by atoms with Crippen LogP contribution in [0.5, 0.6) is 0 Å². The molecular weight excluding hydrogens is 302 g/mol. The molecule has 24 heavy (non-hydrogen) atoms. The van der Waals surface area contributed by atoms with Gasteiger partial charge in [-0.15, -0.1) is 0 Å². The number of nitrogens with one attached hydrogen (secondary N) is 1. The summed E-state index contributed by atoms with van der Waals surface area (Å²) in [6, 6.07) is 16.1. The maximum absolute atomic E-state index is 12.0. The zero-order valence-electron chi connectivity index (χ0n) is 13.3. The first-order chi connectivity index (χ1) is 11.7. The van der Waals surface area contributed by atoms with E-state index in [1.54, 1.807) is 6.26 Å². The van der Waals surface area contributed by atoms with Gasteiger partial charge in [0.15, 0.2) is 0 Å². The van der Waals surface area contributed by atoms with Crippen LogP contribution in [-0.2, 0) is 11.3 Å². The molecule has 1 aliphatic heterocycles. The second-order valence-corrected chi connectivity index (χ2v) is 5.94. The highest BCUT2D eigenvalue weighted by Gasteiger charge is 2.23. The van der Waals surface area contributed by atoms with Crippen LogP contribution in [0.15, 0.2) is 59.3 Å². The Hall–Kier alpha value is -3.08. The van der Waals surface area contributed by atoms with Crippen molar-refractivity contribution in [3.63, 3.8) is 0 Å². The van der Waals surface area contributed by atoms with Crippen molar-refractivity contribution in [2.24, 2.45) is 0 Å². The first-order valence-corrected chi connectivity index (χ1v) is 7.85. The lowest BCUT2D eigenvalue weighted by Crippen LogP contribution is -2.37. The number of aromatic nitrogens is 1. The normalized spacial score (nSPS) is 13.5. The van der Waals surface area contributed by atoms with Crippen molar-refractivity contribution < 1.29 is 9.32 Å². The number of carbonyl (C=O) groups is 1. The highest BCUT2D eigenvalue weighted by molar-refractivity contribution is 6.01. The number of carbonyl (C=O) groups excluding carboxylic acids is 1. The van der Waals surface area contributed by atoms with Crippen LogP contribution >= 0.6 is 0 Å². The molecular formula is C19H17N3O2. The van der Waals surface area contributed by atoms with Crippen LogP contribution in [0.25, 0.3) is 11.1 Å². The molecule has 0 aliphatic carbocycles. The Kier molecular flexibility index (Phi) is 3.54. The van der Waals surface area contributed by atoms with Crippen molar-refractivity contribution in [1.29, 1.82) is 0 Å². The van der Waals surface area contributed by atoms with Gasteiger partial charge in [-0.2, -0.15) is 0 Å². The monoisotopic (exact) mass is 319 g/mol. The van der Waals surface area contributed by atoms with E-state index in [2.05, 4.69) is 33.6 Å². The van der Waals surface area contributed by atoms with E-state index in [0.717, 1.165) is 28.2 Å². The van der Waals surface area contributed by atoms with Crippen molar-refractivity contribution in [2.75, 3.05) is 16.8 Å². The number of amides is 1. The average Bonchev–Trinajstić information content (AvgIpc) is 3.01. The lowest BCUT2D eigenvalue weighted by Gasteiger charge is -2.31. The maximum atomic E-state index is 12.0. The molecule has 0 fully saturated rings. The molecule has 120 valence electrons. The summed E-state index contributed by atoms with van der Waals surface area (Å²) in [5.41, 5.74) is 5.86. The number of benzene rings is 2. The molecule has 3 aromatic rings. The zero-order chi connectivity index (χ0) is 16.5. The Morgan fingerprint density at radius 1 is 1.21 bits per heavy atom. The maximum Gasteiger partial charge on any atom is 0.243 e. The van der Waals surface area contributed by atoms with E-state index >= 15 is 0 Å². The lowest BCUT2D eigenvalue weighted by molar-refractivity contribution is -0.115. The molecule has 2 heterocycles. The van der Waals surface area contributed by atoms with Crippen LogP contribution < -0.4 is 10.2 Å². The van der Waals surface area contributed by atoms with E-state index in [-0.39, 0.29) is 5.91 Å². The molecule has 1 aliphatic rings. The Morgan fingerprint density at radius 3 is 2.79 bits per heavy atom. The van der Waals surface area contributed by atoms with Gasteiger partial charge >= 0.3 is 0 Å². The summed E-state index contributed by atoms with van der Waals surface area (Å²) < 4.78 is 5.05. The Balaban J connectivity index is 1.73. The number of anilines is 2. The van der Waals surface area contributed by atoms with Crippen LogP contribution in [0.1, 0.15) is 11.3 Å². The molecule has 1 N–H and O–H groups in total. The number of aryl methyl sites for hydroxylation is 1. The van der Waals surface area contributed by atoms with Crippen molar-refractivity contribution in [3.8, 4) is 11.1 Å². The summed E-state index contributed by atoms with van der Waals surface area (Å²) in [4.78, 5) is 14.1. The fourth-order valence-electron chi connectivity index (χ4n) is 3.03. The number of rotatable bonds is 3. The van der Waals surface area contributed by atoms with Crippen molar-refractivity contribution >= 4 is 17.3 Å². The molecule has 1 amide bonds. The first kappa shape index (κ1) is 14.5. The Labute approximate surface area is 139 Å². The molecule has 0 saturated carbocycles. The van der Waals surface area contributed by atoms with E-state index in [9.17, 15) is 4.79 Å². The van der Waals surface area contributed by atoms with Gasteiger partial charge in [-0.05, 0) is 30.2 Å². The molecule has 0 spiro atoms. The van der Waals surface area contributed by atoms with Crippen molar-refractivity contribution in [2.45, 2.75) is 13.5 Å². The van der Waals surface area contributed by atoms with Crippen LogP contribution in [0.4, 0.5) is 11.4 Å². The highest BCUT2D eigenvalue weighted by atomic mass is 16.5. The number of fused-ring (bicyclic) bond motifs is 1. The van der Waals surface area contributed by atoms with Gasteiger partial charge in [-0.25, -0.2) is 0 Å². The molecule has 0 atom stereocenters. The predicted molar refractivity (Wildman–Crippen MR) is 92.8 cm³/mol. The molecule has 2 aromatic carbocycles. The topological polar surface area (TPSA) is 58.4 Å².